The average Bonchev–Trinajstić information content (AvgIpc) is 2.85. The van der Waals surface area contributed by atoms with Gasteiger partial charge in [0.05, 0.1) is 6.61 Å². The highest BCUT2D eigenvalue weighted by Crippen LogP contribution is 2.40. The van der Waals surface area contributed by atoms with Gasteiger partial charge in [-0.2, -0.15) is 0 Å². The Kier molecular flexibility index (Phi) is 3.17. The summed E-state index contributed by atoms with van der Waals surface area (Å²) in [6.45, 7) is 0.773. The smallest absolute Gasteiger partial charge is 0.124 e. The highest BCUT2D eigenvalue weighted by molar-refractivity contribution is 5.40. The molecule has 3 N–H and O–H groups in total. The van der Waals surface area contributed by atoms with Crippen molar-refractivity contribution in [2.24, 2.45) is 5.73 Å². The van der Waals surface area contributed by atoms with E-state index in [1.807, 2.05) is 6.07 Å². The number of para-hydroxylation sites is 1. The number of nitrogens with two attached hydrogens (primary N) is 1. The van der Waals surface area contributed by atoms with Gasteiger partial charge in [-0.05, 0) is 23.6 Å². The maximum Gasteiger partial charge on any atom is 0.124 e. The molecule has 0 bridgehead atoms. The molecule has 1 aliphatic carbocycles. The number of ether oxygens (including phenoxy) is 1. The Morgan fingerprint density at radius 3 is 2.48 bits per heavy atom. The zero-order chi connectivity index (χ0) is 14.2. The quantitative estimate of drug-likeness (QED) is 0.887. The second-order valence-corrected chi connectivity index (χ2v) is 5.92. The number of benzene rings is 2. The molecule has 108 valence electrons. The molecule has 0 aromatic heterocycles. The van der Waals surface area contributed by atoms with Crippen LogP contribution in [-0.4, -0.2) is 6.61 Å². The summed E-state index contributed by atoms with van der Waals surface area (Å²) >= 11 is 0. The summed E-state index contributed by atoms with van der Waals surface area (Å²) in [6.07, 6.45) is 1.98. The summed E-state index contributed by atoms with van der Waals surface area (Å²) < 4.78 is 5.74. The van der Waals surface area contributed by atoms with Crippen LogP contribution >= 0.6 is 0 Å². The molecule has 2 aromatic carbocycles. The van der Waals surface area contributed by atoms with Crippen molar-refractivity contribution in [3.8, 4) is 5.75 Å². The van der Waals surface area contributed by atoms with Gasteiger partial charge in [0.15, 0.2) is 0 Å². The van der Waals surface area contributed by atoms with Gasteiger partial charge in [0.2, 0.25) is 0 Å². The Hall–Kier alpha value is -1.84. The third kappa shape index (κ3) is 2.23. The highest BCUT2D eigenvalue weighted by atomic mass is 16.5. The summed E-state index contributed by atoms with van der Waals surface area (Å²) in [7, 11) is 0. The number of hydrogen-bond acceptors (Lipinski definition) is 3. The lowest BCUT2D eigenvalue weighted by molar-refractivity contribution is 0.243. The minimum absolute atomic E-state index is 0.147. The average molecular weight is 280 g/mol. The van der Waals surface area contributed by atoms with Gasteiger partial charge in [-0.15, -0.1) is 0 Å². The summed E-state index contributed by atoms with van der Waals surface area (Å²) in [6, 6.07) is 17.7. The molecule has 0 radical (unpaired) electrons. The molecule has 0 saturated carbocycles. The second-order valence-electron chi connectivity index (χ2n) is 5.92. The number of fused-ring (bicyclic) bond motifs is 2. The second kappa shape index (κ2) is 5.17. The topological polar surface area (TPSA) is 47.3 Å². The number of rotatable bonds is 2. The Morgan fingerprint density at radius 1 is 0.905 bits per heavy atom. The van der Waals surface area contributed by atoms with E-state index in [0.29, 0.717) is 12.1 Å². The van der Waals surface area contributed by atoms with Crippen molar-refractivity contribution in [1.82, 2.24) is 5.32 Å². The molecule has 3 unspecified atom stereocenters. The van der Waals surface area contributed by atoms with Gasteiger partial charge in [0, 0.05) is 30.1 Å². The van der Waals surface area contributed by atoms with Crippen LogP contribution in [0, 0.1) is 0 Å². The van der Waals surface area contributed by atoms with E-state index in [1.165, 1.54) is 16.7 Å². The van der Waals surface area contributed by atoms with Gasteiger partial charge < -0.3 is 15.8 Å². The van der Waals surface area contributed by atoms with Gasteiger partial charge in [0.1, 0.15) is 5.75 Å². The molecule has 0 saturated heterocycles. The largest absolute Gasteiger partial charge is 0.493 e. The summed E-state index contributed by atoms with van der Waals surface area (Å²) in [5, 5.41) is 3.80. The van der Waals surface area contributed by atoms with Crippen LogP contribution in [0.5, 0.6) is 5.75 Å². The van der Waals surface area contributed by atoms with Crippen LogP contribution in [0.1, 0.15) is 47.7 Å². The molecule has 4 rings (SSSR count). The third-order valence-electron chi connectivity index (χ3n) is 4.62. The molecule has 2 aromatic rings. The van der Waals surface area contributed by atoms with Gasteiger partial charge in [-0.3, -0.25) is 0 Å². The van der Waals surface area contributed by atoms with Crippen molar-refractivity contribution in [3.63, 3.8) is 0 Å². The van der Waals surface area contributed by atoms with Crippen molar-refractivity contribution in [1.29, 1.82) is 0 Å². The molecule has 3 atom stereocenters. The van der Waals surface area contributed by atoms with E-state index in [-0.39, 0.29) is 6.04 Å². The molecule has 3 nitrogen and oxygen atoms in total. The van der Waals surface area contributed by atoms with Gasteiger partial charge in [-0.1, -0.05) is 42.5 Å². The SMILES string of the molecule is NC1CC(NC2CCOc3ccccc32)c2ccccc21. The van der Waals surface area contributed by atoms with E-state index in [9.17, 15) is 0 Å². The molecule has 0 amide bonds. The minimum Gasteiger partial charge on any atom is -0.493 e. The van der Waals surface area contributed by atoms with Crippen LogP contribution in [0.15, 0.2) is 48.5 Å². The van der Waals surface area contributed by atoms with E-state index in [0.717, 1.165) is 25.2 Å². The monoisotopic (exact) mass is 280 g/mol. The van der Waals surface area contributed by atoms with E-state index >= 15 is 0 Å². The molecular weight excluding hydrogens is 260 g/mol. The third-order valence-corrected chi connectivity index (χ3v) is 4.62. The molecule has 0 spiro atoms. The fourth-order valence-electron chi connectivity index (χ4n) is 3.59. The van der Waals surface area contributed by atoms with Crippen LogP contribution in [-0.2, 0) is 0 Å². The van der Waals surface area contributed by atoms with Crippen LogP contribution in [0.4, 0.5) is 0 Å². The molecule has 0 fully saturated rings. The molecule has 1 aliphatic heterocycles. The fourth-order valence-corrected chi connectivity index (χ4v) is 3.59. The summed E-state index contributed by atoms with van der Waals surface area (Å²) in [5.74, 6) is 1.01. The minimum atomic E-state index is 0.147. The van der Waals surface area contributed by atoms with Crippen molar-refractivity contribution >= 4 is 0 Å². The Morgan fingerprint density at radius 2 is 1.62 bits per heavy atom. The first kappa shape index (κ1) is 12.9. The molecular formula is C18H20N2O. The van der Waals surface area contributed by atoms with Crippen molar-refractivity contribution in [2.75, 3.05) is 6.61 Å². The van der Waals surface area contributed by atoms with E-state index < -0.39 is 0 Å². The lowest BCUT2D eigenvalue weighted by Crippen LogP contribution is -2.29. The molecule has 2 aliphatic rings. The van der Waals surface area contributed by atoms with Gasteiger partial charge in [-0.25, -0.2) is 0 Å². The predicted molar refractivity (Wildman–Crippen MR) is 83.2 cm³/mol. The van der Waals surface area contributed by atoms with Crippen LogP contribution in [0.3, 0.4) is 0 Å². The van der Waals surface area contributed by atoms with Crippen molar-refractivity contribution < 1.29 is 4.74 Å². The molecule has 1 heterocycles. The van der Waals surface area contributed by atoms with Crippen molar-refractivity contribution in [3.05, 3.63) is 65.2 Å². The van der Waals surface area contributed by atoms with Gasteiger partial charge in [0.25, 0.3) is 0 Å². The highest BCUT2D eigenvalue weighted by Gasteiger charge is 2.31. The van der Waals surface area contributed by atoms with E-state index in [2.05, 4.69) is 47.8 Å². The Bertz CT molecular complexity index is 655. The lowest BCUT2D eigenvalue weighted by atomic mass is 9.98. The molecule has 3 heteroatoms. The molecule has 21 heavy (non-hydrogen) atoms. The maximum atomic E-state index is 6.27. The zero-order valence-electron chi connectivity index (χ0n) is 12.0. The normalized spacial score (nSPS) is 26.8. The summed E-state index contributed by atoms with van der Waals surface area (Å²) in [5.41, 5.74) is 10.2. The predicted octanol–water partition coefficient (Wildman–Crippen LogP) is 3.24. The van der Waals surface area contributed by atoms with E-state index in [4.69, 9.17) is 10.5 Å². The van der Waals surface area contributed by atoms with Crippen LogP contribution in [0.25, 0.3) is 0 Å². The number of nitrogens with one attached hydrogen (secondary N) is 1. The summed E-state index contributed by atoms with van der Waals surface area (Å²) in [4.78, 5) is 0. The van der Waals surface area contributed by atoms with Crippen molar-refractivity contribution in [2.45, 2.75) is 31.0 Å². The fraction of sp³-hybridized carbons (Fsp3) is 0.333. The number of hydrogen-bond donors (Lipinski definition) is 2. The van der Waals surface area contributed by atoms with E-state index in [1.54, 1.807) is 0 Å². The standard InChI is InChI=1S/C18H20N2O/c19-15-11-17(13-6-2-1-5-12(13)15)20-16-9-10-21-18-8-4-3-7-14(16)18/h1-8,15-17,20H,9-11,19H2. The zero-order valence-corrected chi connectivity index (χ0v) is 12.0. The first-order chi connectivity index (χ1) is 10.3. The lowest BCUT2D eigenvalue weighted by Gasteiger charge is -2.29. The first-order valence-corrected chi connectivity index (χ1v) is 7.65. The first-order valence-electron chi connectivity index (χ1n) is 7.65. The Labute approximate surface area is 125 Å². The Balaban J connectivity index is 1.61. The van der Waals surface area contributed by atoms with Gasteiger partial charge >= 0.3 is 0 Å². The van der Waals surface area contributed by atoms with Crippen LogP contribution < -0.4 is 15.8 Å². The van der Waals surface area contributed by atoms with Crippen LogP contribution in [0.2, 0.25) is 0 Å². The maximum absolute atomic E-state index is 6.27.